The molecule has 1 aromatic carbocycles. The molecule has 17 heavy (non-hydrogen) atoms. The van der Waals surface area contributed by atoms with Crippen LogP contribution in [0.2, 0.25) is 0 Å². The second-order valence-electron chi connectivity index (χ2n) is 2.57. The second-order valence-corrected chi connectivity index (χ2v) is 2.57. The lowest BCUT2D eigenvalue weighted by Gasteiger charge is -1.97. The summed E-state index contributed by atoms with van der Waals surface area (Å²) in [4.78, 5) is 19.6. The molecule has 0 saturated heterocycles. The number of aliphatic hydroxyl groups is 2. The van der Waals surface area contributed by atoms with Gasteiger partial charge in [0.05, 0.1) is 18.1 Å². The largest absolute Gasteiger partial charge is 0.511 e. The number of hydrogen-bond acceptors (Lipinski definition) is 6. The zero-order valence-corrected chi connectivity index (χ0v) is 8.65. The van der Waals surface area contributed by atoms with Gasteiger partial charge in [0.1, 0.15) is 5.75 Å². The summed E-state index contributed by atoms with van der Waals surface area (Å²) in [5.41, 5.74) is -0.113. The molecule has 1 aromatic rings. The van der Waals surface area contributed by atoms with Crippen molar-refractivity contribution in [3.63, 3.8) is 0 Å². The summed E-state index contributed by atoms with van der Waals surface area (Å²) in [6, 6.07) is 4.76. The highest BCUT2D eigenvalue weighted by Crippen LogP contribution is 2.17. The number of nitro groups is 1. The van der Waals surface area contributed by atoms with Gasteiger partial charge in [0.25, 0.3) is 5.69 Å². The van der Waals surface area contributed by atoms with Crippen LogP contribution in [-0.4, -0.2) is 39.6 Å². The molecular formula is C9H11NO7. The van der Waals surface area contributed by atoms with Crippen LogP contribution in [0, 0.1) is 10.1 Å². The van der Waals surface area contributed by atoms with Crippen LogP contribution in [-0.2, 0) is 0 Å². The second kappa shape index (κ2) is 8.02. The molecule has 0 aliphatic heterocycles. The molecule has 0 atom stereocenters. The van der Waals surface area contributed by atoms with Crippen molar-refractivity contribution >= 4 is 11.8 Å². The van der Waals surface area contributed by atoms with E-state index in [1.807, 2.05) is 0 Å². The van der Waals surface area contributed by atoms with Gasteiger partial charge in [-0.1, -0.05) is 0 Å². The molecule has 0 saturated carbocycles. The summed E-state index contributed by atoms with van der Waals surface area (Å²) >= 11 is 0. The molecule has 0 aliphatic rings. The van der Waals surface area contributed by atoms with E-state index in [2.05, 4.69) is 4.74 Å². The van der Waals surface area contributed by atoms with Gasteiger partial charge in [0.15, 0.2) is 0 Å². The van der Waals surface area contributed by atoms with Crippen molar-refractivity contribution in [2.24, 2.45) is 0 Å². The molecule has 0 fully saturated rings. The fourth-order valence-electron chi connectivity index (χ4n) is 0.737. The SMILES string of the molecule is O=C(O)Oc1ccc([N+](=O)[O-])cc1.OCCO. The van der Waals surface area contributed by atoms with Crippen molar-refractivity contribution in [3.8, 4) is 5.75 Å². The fourth-order valence-corrected chi connectivity index (χ4v) is 0.737. The number of nitrogens with zero attached hydrogens (tertiary/aromatic N) is 1. The maximum Gasteiger partial charge on any atom is 0.511 e. The van der Waals surface area contributed by atoms with Gasteiger partial charge in [-0.2, -0.15) is 0 Å². The topological polar surface area (TPSA) is 130 Å². The van der Waals surface area contributed by atoms with Crippen LogP contribution in [0.3, 0.4) is 0 Å². The van der Waals surface area contributed by atoms with Crippen molar-refractivity contribution in [1.82, 2.24) is 0 Å². The minimum absolute atomic E-state index is 0.0538. The zero-order chi connectivity index (χ0) is 13.3. The Morgan fingerprint density at radius 2 is 1.71 bits per heavy atom. The average Bonchev–Trinajstić information content (AvgIpc) is 2.29. The molecule has 0 amide bonds. The third-order valence-corrected chi connectivity index (χ3v) is 1.35. The molecule has 0 aliphatic carbocycles. The Hall–Kier alpha value is -2.19. The van der Waals surface area contributed by atoms with Crippen LogP contribution >= 0.6 is 0 Å². The minimum Gasteiger partial charge on any atom is -0.449 e. The number of benzene rings is 1. The summed E-state index contributed by atoms with van der Waals surface area (Å²) in [6.07, 6.45) is -1.45. The van der Waals surface area contributed by atoms with Crippen LogP contribution in [0.4, 0.5) is 10.5 Å². The summed E-state index contributed by atoms with van der Waals surface area (Å²) < 4.78 is 4.24. The highest BCUT2D eigenvalue weighted by Gasteiger charge is 2.05. The van der Waals surface area contributed by atoms with E-state index in [1.54, 1.807) is 0 Å². The fraction of sp³-hybridized carbons (Fsp3) is 0.222. The van der Waals surface area contributed by atoms with Gasteiger partial charge in [-0.25, -0.2) is 4.79 Å². The Labute approximate surface area is 95.8 Å². The quantitative estimate of drug-likeness (QED) is 0.308. The van der Waals surface area contributed by atoms with E-state index >= 15 is 0 Å². The lowest BCUT2D eigenvalue weighted by molar-refractivity contribution is -0.384. The van der Waals surface area contributed by atoms with E-state index in [0.717, 1.165) is 12.1 Å². The first kappa shape index (κ1) is 14.8. The molecule has 0 aromatic heterocycles. The van der Waals surface area contributed by atoms with E-state index in [0.29, 0.717) is 0 Å². The van der Waals surface area contributed by atoms with Gasteiger partial charge < -0.3 is 20.1 Å². The molecule has 0 heterocycles. The number of non-ortho nitro benzene ring substituents is 1. The minimum atomic E-state index is -1.45. The third-order valence-electron chi connectivity index (χ3n) is 1.35. The van der Waals surface area contributed by atoms with Crippen LogP contribution in [0.25, 0.3) is 0 Å². The predicted octanol–water partition coefficient (Wildman–Crippen LogP) is 0.623. The maximum atomic E-state index is 10.2. The number of hydrogen-bond donors (Lipinski definition) is 3. The number of carboxylic acid groups (broad SMARTS) is 1. The number of ether oxygens (including phenoxy) is 1. The number of carbonyl (C=O) groups is 1. The molecule has 0 spiro atoms. The number of aliphatic hydroxyl groups excluding tert-OH is 2. The van der Waals surface area contributed by atoms with Crippen LogP contribution in [0.15, 0.2) is 24.3 Å². The maximum absolute atomic E-state index is 10.2. The molecule has 3 N–H and O–H groups in total. The molecule has 0 unspecified atom stereocenters. The van der Waals surface area contributed by atoms with E-state index in [9.17, 15) is 14.9 Å². The van der Waals surface area contributed by atoms with Gasteiger partial charge in [-0.05, 0) is 12.1 Å². The highest BCUT2D eigenvalue weighted by molar-refractivity contribution is 5.61. The van der Waals surface area contributed by atoms with Gasteiger partial charge >= 0.3 is 6.16 Å². The van der Waals surface area contributed by atoms with Crippen LogP contribution < -0.4 is 4.74 Å². The summed E-state index contributed by atoms with van der Waals surface area (Å²) in [6.45, 7) is -0.250. The first-order chi connectivity index (χ1) is 8.01. The first-order valence-electron chi connectivity index (χ1n) is 4.38. The Morgan fingerprint density at radius 3 is 2.00 bits per heavy atom. The van der Waals surface area contributed by atoms with Crippen molar-refractivity contribution in [2.45, 2.75) is 0 Å². The Morgan fingerprint density at radius 1 is 1.24 bits per heavy atom. The smallest absolute Gasteiger partial charge is 0.449 e. The molecular weight excluding hydrogens is 234 g/mol. The van der Waals surface area contributed by atoms with E-state index in [-0.39, 0.29) is 24.7 Å². The lowest BCUT2D eigenvalue weighted by Crippen LogP contribution is -2.02. The average molecular weight is 245 g/mol. The molecule has 1 rings (SSSR count). The summed E-state index contributed by atoms with van der Waals surface area (Å²) in [7, 11) is 0. The van der Waals surface area contributed by atoms with Crippen molar-refractivity contribution in [3.05, 3.63) is 34.4 Å². The van der Waals surface area contributed by atoms with Crippen molar-refractivity contribution < 1.29 is 29.8 Å². The Bertz CT molecular complexity index is 360. The standard InChI is InChI=1S/C7H5NO5.C2H6O2/c9-7(10)13-6-3-1-5(2-4-6)8(11)12;3-1-2-4/h1-4H,(H,9,10);3-4H,1-2H2. The normalized spacial score (nSPS) is 8.82. The van der Waals surface area contributed by atoms with Crippen LogP contribution in [0.1, 0.15) is 0 Å². The lowest BCUT2D eigenvalue weighted by atomic mass is 10.3. The number of rotatable bonds is 3. The molecule has 0 bridgehead atoms. The van der Waals surface area contributed by atoms with Crippen molar-refractivity contribution in [2.75, 3.05) is 13.2 Å². The Kier molecular flexibility index (Phi) is 6.99. The number of nitro benzene ring substituents is 1. The molecule has 0 radical (unpaired) electrons. The van der Waals surface area contributed by atoms with Gasteiger partial charge in [-0.3, -0.25) is 10.1 Å². The van der Waals surface area contributed by atoms with Gasteiger partial charge in [0, 0.05) is 12.1 Å². The predicted molar refractivity (Wildman–Crippen MR) is 55.9 cm³/mol. The molecule has 8 heteroatoms. The van der Waals surface area contributed by atoms with E-state index in [1.165, 1.54) is 12.1 Å². The van der Waals surface area contributed by atoms with Gasteiger partial charge in [-0.15, -0.1) is 0 Å². The van der Waals surface area contributed by atoms with E-state index < -0.39 is 11.1 Å². The monoisotopic (exact) mass is 245 g/mol. The third kappa shape index (κ3) is 6.82. The van der Waals surface area contributed by atoms with E-state index in [4.69, 9.17) is 15.3 Å². The summed E-state index contributed by atoms with van der Waals surface area (Å²) in [5.74, 6) is 0.0538. The first-order valence-corrected chi connectivity index (χ1v) is 4.38. The van der Waals surface area contributed by atoms with Crippen molar-refractivity contribution in [1.29, 1.82) is 0 Å². The zero-order valence-electron chi connectivity index (χ0n) is 8.65. The van der Waals surface area contributed by atoms with Crippen LogP contribution in [0.5, 0.6) is 5.75 Å². The summed E-state index contributed by atoms with van der Waals surface area (Å²) in [5, 5.41) is 33.6. The van der Waals surface area contributed by atoms with Gasteiger partial charge in [0.2, 0.25) is 0 Å². The highest BCUT2D eigenvalue weighted by atomic mass is 16.7. The Balaban J connectivity index is 0.000000557. The molecule has 8 nitrogen and oxygen atoms in total. The molecule has 94 valence electrons.